The lowest BCUT2D eigenvalue weighted by molar-refractivity contribution is -0.132. The monoisotopic (exact) mass is 253 g/mol. The predicted octanol–water partition coefficient (Wildman–Crippen LogP) is 2.83. The average Bonchev–Trinajstić information content (AvgIpc) is 2.73. The molecule has 1 saturated carbocycles. The number of amides is 1. The largest absolute Gasteiger partial charge is 0.477 e. The van der Waals surface area contributed by atoms with E-state index in [1.807, 2.05) is 13.0 Å². The van der Waals surface area contributed by atoms with Crippen LogP contribution < -0.4 is 10.5 Å². The lowest BCUT2D eigenvalue weighted by Gasteiger charge is -2.26. The van der Waals surface area contributed by atoms with E-state index in [9.17, 15) is 4.79 Å². The maximum Gasteiger partial charge on any atom is 0.261 e. The van der Waals surface area contributed by atoms with Gasteiger partial charge in [-0.05, 0) is 56.4 Å². The van der Waals surface area contributed by atoms with Crippen LogP contribution >= 0.6 is 11.6 Å². The van der Waals surface area contributed by atoms with E-state index in [1.54, 1.807) is 12.1 Å². The number of benzene rings is 1. The van der Waals surface area contributed by atoms with Gasteiger partial charge in [0, 0.05) is 5.02 Å². The van der Waals surface area contributed by atoms with Crippen LogP contribution in [0.5, 0.6) is 5.75 Å². The minimum absolute atomic E-state index is 0.373. The molecule has 1 fully saturated rings. The highest BCUT2D eigenvalue weighted by Crippen LogP contribution is 2.35. The van der Waals surface area contributed by atoms with Crippen LogP contribution in [0, 0.1) is 6.92 Å². The lowest BCUT2D eigenvalue weighted by atomic mass is 10.0. The third kappa shape index (κ3) is 2.39. The maximum atomic E-state index is 11.6. The van der Waals surface area contributed by atoms with Gasteiger partial charge in [-0.15, -0.1) is 0 Å². The van der Waals surface area contributed by atoms with Crippen molar-refractivity contribution in [1.82, 2.24) is 0 Å². The molecule has 0 radical (unpaired) electrons. The van der Waals surface area contributed by atoms with Gasteiger partial charge in [-0.1, -0.05) is 11.6 Å². The molecule has 0 heterocycles. The molecule has 4 heteroatoms. The first-order valence-corrected chi connectivity index (χ1v) is 6.16. The minimum atomic E-state index is -0.819. The Balaban J connectivity index is 2.23. The Bertz CT molecular complexity index is 439. The van der Waals surface area contributed by atoms with Gasteiger partial charge in [-0.2, -0.15) is 0 Å². The van der Waals surface area contributed by atoms with Crippen LogP contribution in [0.4, 0.5) is 0 Å². The quantitative estimate of drug-likeness (QED) is 0.901. The number of nitrogens with two attached hydrogens (primary N) is 1. The molecule has 1 amide bonds. The van der Waals surface area contributed by atoms with Crippen molar-refractivity contribution in [3.8, 4) is 5.75 Å². The zero-order valence-electron chi connectivity index (χ0n) is 9.83. The second kappa shape index (κ2) is 4.57. The number of primary amides is 1. The summed E-state index contributed by atoms with van der Waals surface area (Å²) < 4.78 is 5.83. The number of halogens is 1. The maximum absolute atomic E-state index is 11.6. The molecule has 2 rings (SSSR count). The van der Waals surface area contributed by atoms with E-state index in [0.29, 0.717) is 23.6 Å². The Morgan fingerprint density at radius 3 is 2.59 bits per heavy atom. The second-order valence-electron chi connectivity index (χ2n) is 4.58. The van der Waals surface area contributed by atoms with E-state index in [2.05, 4.69) is 0 Å². The first-order chi connectivity index (χ1) is 8.03. The summed E-state index contributed by atoms with van der Waals surface area (Å²) in [6, 6.07) is 5.39. The van der Waals surface area contributed by atoms with E-state index < -0.39 is 5.60 Å². The van der Waals surface area contributed by atoms with Crippen LogP contribution in [0.15, 0.2) is 18.2 Å². The summed E-state index contributed by atoms with van der Waals surface area (Å²) in [4.78, 5) is 11.6. The van der Waals surface area contributed by atoms with Crippen LogP contribution in [0.25, 0.3) is 0 Å². The number of aryl methyl sites for hydroxylation is 1. The number of ether oxygens (including phenoxy) is 1. The summed E-state index contributed by atoms with van der Waals surface area (Å²) >= 11 is 5.95. The van der Waals surface area contributed by atoms with Crippen molar-refractivity contribution in [1.29, 1.82) is 0 Å². The highest BCUT2D eigenvalue weighted by molar-refractivity contribution is 6.31. The molecule has 0 bridgehead atoms. The van der Waals surface area contributed by atoms with Crippen molar-refractivity contribution >= 4 is 17.5 Å². The Kier molecular flexibility index (Phi) is 3.29. The van der Waals surface area contributed by atoms with Gasteiger partial charge in [0.25, 0.3) is 5.91 Å². The van der Waals surface area contributed by atoms with Gasteiger partial charge in [0.05, 0.1) is 0 Å². The van der Waals surface area contributed by atoms with Crippen molar-refractivity contribution < 1.29 is 9.53 Å². The van der Waals surface area contributed by atoms with Crippen LogP contribution in [-0.4, -0.2) is 11.5 Å². The van der Waals surface area contributed by atoms with E-state index >= 15 is 0 Å². The molecule has 1 aliphatic rings. The van der Waals surface area contributed by atoms with Gasteiger partial charge in [0.1, 0.15) is 5.75 Å². The summed E-state index contributed by atoms with van der Waals surface area (Å²) in [6.07, 6.45) is 3.36. The number of hydrogen-bond donors (Lipinski definition) is 1. The second-order valence-corrected chi connectivity index (χ2v) is 4.99. The minimum Gasteiger partial charge on any atom is -0.477 e. The van der Waals surface area contributed by atoms with Crippen LogP contribution in [0.2, 0.25) is 5.02 Å². The molecule has 92 valence electrons. The van der Waals surface area contributed by atoms with E-state index in [1.165, 1.54) is 0 Å². The SMILES string of the molecule is Cc1cc(OC2(C(N)=O)CCCC2)ccc1Cl. The van der Waals surface area contributed by atoms with Gasteiger partial charge in [-0.3, -0.25) is 4.79 Å². The molecule has 0 spiro atoms. The van der Waals surface area contributed by atoms with E-state index in [-0.39, 0.29) is 5.91 Å². The number of hydrogen-bond acceptors (Lipinski definition) is 2. The average molecular weight is 254 g/mol. The molecular formula is C13H16ClNO2. The van der Waals surface area contributed by atoms with Crippen LogP contribution in [0.1, 0.15) is 31.2 Å². The zero-order valence-corrected chi connectivity index (χ0v) is 10.6. The summed E-state index contributed by atoms with van der Waals surface area (Å²) in [7, 11) is 0. The Morgan fingerprint density at radius 1 is 1.41 bits per heavy atom. The molecule has 0 saturated heterocycles. The van der Waals surface area contributed by atoms with Gasteiger partial charge >= 0.3 is 0 Å². The highest BCUT2D eigenvalue weighted by Gasteiger charge is 2.42. The third-order valence-corrected chi connectivity index (χ3v) is 3.73. The number of carbonyl (C=O) groups is 1. The number of rotatable bonds is 3. The summed E-state index contributed by atoms with van der Waals surface area (Å²) in [5.74, 6) is 0.287. The summed E-state index contributed by atoms with van der Waals surface area (Å²) in [5.41, 5.74) is 5.57. The van der Waals surface area contributed by atoms with E-state index in [4.69, 9.17) is 22.1 Å². The molecule has 2 N–H and O–H groups in total. The zero-order chi connectivity index (χ0) is 12.5. The molecule has 1 aliphatic carbocycles. The molecule has 17 heavy (non-hydrogen) atoms. The predicted molar refractivity (Wildman–Crippen MR) is 67.2 cm³/mol. The highest BCUT2D eigenvalue weighted by atomic mass is 35.5. The van der Waals surface area contributed by atoms with Gasteiger partial charge in [0.15, 0.2) is 5.60 Å². The molecule has 1 aromatic rings. The van der Waals surface area contributed by atoms with Crippen molar-refractivity contribution in [3.63, 3.8) is 0 Å². The fourth-order valence-electron chi connectivity index (χ4n) is 2.25. The van der Waals surface area contributed by atoms with Crippen LogP contribution in [-0.2, 0) is 4.79 Å². The molecule has 0 atom stereocenters. The fourth-order valence-corrected chi connectivity index (χ4v) is 2.37. The van der Waals surface area contributed by atoms with Gasteiger partial charge < -0.3 is 10.5 Å². The normalized spacial score (nSPS) is 18.0. The smallest absolute Gasteiger partial charge is 0.261 e. The molecule has 0 aliphatic heterocycles. The van der Waals surface area contributed by atoms with Crippen molar-refractivity contribution in [2.45, 2.75) is 38.2 Å². The first-order valence-electron chi connectivity index (χ1n) is 5.79. The molecular weight excluding hydrogens is 238 g/mol. The summed E-state index contributed by atoms with van der Waals surface area (Å²) in [6.45, 7) is 1.90. The Labute approximate surface area is 106 Å². The topological polar surface area (TPSA) is 52.3 Å². The third-order valence-electron chi connectivity index (χ3n) is 3.30. The van der Waals surface area contributed by atoms with Crippen molar-refractivity contribution in [3.05, 3.63) is 28.8 Å². The lowest BCUT2D eigenvalue weighted by Crippen LogP contribution is -2.46. The van der Waals surface area contributed by atoms with Crippen LogP contribution in [0.3, 0.4) is 0 Å². The molecule has 1 aromatic carbocycles. The van der Waals surface area contributed by atoms with Crippen molar-refractivity contribution in [2.75, 3.05) is 0 Å². The van der Waals surface area contributed by atoms with Crippen molar-refractivity contribution in [2.24, 2.45) is 5.73 Å². The first kappa shape index (κ1) is 12.2. The van der Waals surface area contributed by atoms with E-state index in [0.717, 1.165) is 18.4 Å². The van der Waals surface area contributed by atoms with Gasteiger partial charge in [0.2, 0.25) is 0 Å². The molecule has 0 aromatic heterocycles. The fraction of sp³-hybridized carbons (Fsp3) is 0.462. The standard InChI is InChI=1S/C13H16ClNO2/c1-9-8-10(4-5-11(9)14)17-13(12(15)16)6-2-3-7-13/h4-5,8H,2-3,6-7H2,1H3,(H2,15,16). The Hall–Kier alpha value is -1.22. The summed E-state index contributed by atoms with van der Waals surface area (Å²) in [5, 5.41) is 0.692. The van der Waals surface area contributed by atoms with Gasteiger partial charge in [-0.25, -0.2) is 0 Å². The molecule has 0 unspecified atom stereocenters. The molecule has 3 nitrogen and oxygen atoms in total. The number of carbonyl (C=O) groups excluding carboxylic acids is 1. The Morgan fingerprint density at radius 2 is 2.06 bits per heavy atom.